The topological polar surface area (TPSA) is 133 Å². The van der Waals surface area contributed by atoms with Crippen molar-refractivity contribution in [1.82, 2.24) is 5.32 Å². The predicted octanol–water partition coefficient (Wildman–Crippen LogP) is -5.36. The largest absolute Gasteiger partial charge is 1.00 e. The van der Waals surface area contributed by atoms with E-state index in [9.17, 15) is 19.5 Å². The Balaban J connectivity index is 0. The van der Waals surface area contributed by atoms with Crippen molar-refractivity contribution in [3.63, 3.8) is 0 Å². The molecule has 4 N–H and O–H groups in total. The minimum absolute atomic E-state index is 0. The Morgan fingerprint density at radius 1 is 1.43 bits per heavy atom. The summed E-state index contributed by atoms with van der Waals surface area (Å²) in [7, 11) is 0. The number of rotatable bonds is 5. The molecule has 0 aliphatic rings. The van der Waals surface area contributed by atoms with E-state index in [4.69, 9.17) is 10.8 Å². The second kappa shape index (κ2) is 8.18. The van der Waals surface area contributed by atoms with E-state index in [0.717, 1.165) is 0 Å². The first-order chi connectivity index (χ1) is 5.93. The molecule has 2 amide bonds. The number of carboxylic acid groups (broad SMARTS) is 2. The van der Waals surface area contributed by atoms with Crippen LogP contribution in [0.15, 0.2) is 0 Å². The Labute approximate surface area is 122 Å². The molecule has 0 radical (unpaired) electrons. The number of aliphatic carboxylic acids is 1. The van der Waals surface area contributed by atoms with Crippen molar-refractivity contribution in [3.05, 3.63) is 0 Å². The minimum atomic E-state index is -1.66. The first kappa shape index (κ1) is 16.3. The molecule has 0 saturated heterocycles. The summed E-state index contributed by atoms with van der Waals surface area (Å²) in [6, 6.07) is -1.21. The van der Waals surface area contributed by atoms with Crippen molar-refractivity contribution >= 4 is 18.0 Å². The van der Waals surface area contributed by atoms with E-state index >= 15 is 0 Å². The molecule has 8 heteroatoms. The molecule has 0 aromatic carbocycles. The molecule has 0 fully saturated rings. The van der Waals surface area contributed by atoms with Crippen LogP contribution in [0.25, 0.3) is 0 Å². The molecule has 7 nitrogen and oxygen atoms in total. The van der Waals surface area contributed by atoms with Gasteiger partial charge < -0.3 is 26.1 Å². The molecule has 0 rings (SSSR count). The van der Waals surface area contributed by atoms with Gasteiger partial charge in [-0.05, 0) is 6.42 Å². The van der Waals surface area contributed by atoms with Crippen molar-refractivity contribution in [2.24, 2.45) is 5.73 Å². The molecule has 74 valence electrons. The maximum absolute atomic E-state index is 10.5. The number of nitrogens with one attached hydrogen (secondary N) is 1. The van der Waals surface area contributed by atoms with Gasteiger partial charge in [0.1, 0.15) is 12.1 Å². The van der Waals surface area contributed by atoms with Crippen LogP contribution in [0, 0.1) is 0 Å². The van der Waals surface area contributed by atoms with E-state index in [0.29, 0.717) is 0 Å². The first-order valence-corrected chi connectivity index (χ1v) is 3.42. The quantitative estimate of drug-likeness (QED) is 0.404. The zero-order valence-electron chi connectivity index (χ0n) is 7.65. The smallest absolute Gasteiger partial charge is 0.530 e. The van der Waals surface area contributed by atoms with Crippen LogP contribution in [0.3, 0.4) is 0 Å². The van der Waals surface area contributed by atoms with Crippen LogP contribution in [-0.4, -0.2) is 29.1 Å². The number of hydrogen-bond acceptors (Lipinski definition) is 4. The van der Waals surface area contributed by atoms with Gasteiger partial charge in [0.2, 0.25) is 5.91 Å². The molecule has 0 unspecified atom stereocenters. The molecule has 0 saturated carbocycles. The third-order valence-corrected chi connectivity index (χ3v) is 1.28. The maximum Gasteiger partial charge on any atom is 1.00 e. The minimum Gasteiger partial charge on any atom is -0.530 e. The van der Waals surface area contributed by atoms with Gasteiger partial charge in [-0.2, -0.15) is 0 Å². The van der Waals surface area contributed by atoms with Crippen LogP contribution in [0.5, 0.6) is 0 Å². The van der Waals surface area contributed by atoms with Crippen LogP contribution in [-0.2, 0) is 9.59 Å². The van der Waals surface area contributed by atoms with E-state index in [1.54, 1.807) is 5.32 Å². The molecule has 0 aliphatic carbocycles. The average Bonchev–Trinajstić information content (AvgIpc) is 1.96. The molecular formula is C6H9KN2O5. The van der Waals surface area contributed by atoms with Crippen LogP contribution in [0.4, 0.5) is 4.79 Å². The molecular weight excluding hydrogens is 219 g/mol. The molecule has 0 aromatic heterocycles. The van der Waals surface area contributed by atoms with Gasteiger partial charge in [0.05, 0.1) is 0 Å². The van der Waals surface area contributed by atoms with Crippen LogP contribution in [0.2, 0.25) is 0 Å². The summed E-state index contributed by atoms with van der Waals surface area (Å²) in [5.41, 5.74) is 4.79. The van der Waals surface area contributed by atoms with Crippen molar-refractivity contribution in [3.8, 4) is 0 Å². The van der Waals surface area contributed by atoms with Gasteiger partial charge in [0.25, 0.3) is 0 Å². The molecule has 0 aromatic rings. The van der Waals surface area contributed by atoms with Crippen molar-refractivity contribution in [2.75, 3.05) is 0 Å². The third-order valence-electron chi connectivity index (χ3n) is 1.28. The summed E-state index contributed by atoms with van der Waals surface area (Å²) in [5, 5.41) is 19.9. The van der Waals surface area contributed by atoms with E-state index in [1.165, 1.54) is 0 Å². The number of amides is 2. The van der Waals surface area contributed by atoms with Gasteiger partial charge in [-0.1, -0.05) is 0 Å². The Kier molecular flexibility index (Phi) is 9.51. The number of carbonyl (C=O) groups excluding carboxylic acids is 2. The first-order valence-electron chi connectivity index (χ1n) is 3.42. The van der Waals surface area contributed by atoms with Crippen molar-refractivity contribution < 1.29 is 76.0 Å². The van der Waals surface area contributed by atoms with Gasteiger partial charge in [0.15, 0.2) is 0 Å². The fourth-order valence-corrected chi connectivity index (χ4v) is 0.696. The second-order valence-electron chi connectivity index (χ2n) is 2.32. The Morgan fingerprint density at radius 3 is 2.21 bits per heavy atom. The molecule has 0 aliphatic heterocycles. The Bertz CT molecular complexity index is 232. The predicted molar refractivity (Wildman–Crippen MR) is 38.4 cm³/mol. The van der Waals surface area contributed by atoms with Crippen molar-refractivity contribution in [1.29, 1.82) is 0 Å². The second-order valence-corrected chi connectivity index (χ2v) is 2.32. The molecule has 0 bridgehead atoms. The number of nitrogens with two attached hydrogens (primary N) is 1. The Hall–Kier alpha value is -0.154. The number of carbonyl (C=O) groups is 3. The van der Waals surface area contributed by atoms with Gasteiger partial charge in [-0.25, -0.2) is 0 Å². The number of primary amides is 1. The summed E-state index contributed by atoms with van der Waals surface area (Å²) in [4.78, 5) is 30.6. The summed E-state index contributed by atoms with van der Waals surface area (Å²) < 4.78 is 0. The molecule has 14 heavy (non-hydrogen) atoms. The van der Waals surface area contributed by atoms with E-state index in [-0.39, 0.29) is 64.2 Å². The van der Waals surface area contributed by atoms with E-state index < -0.39 is 24.0 Å². The summed E-state index contributed by atoms with van der Waals surface area (Å²) in [6.07, 6.45) is -2.18. The summed E-state index contributed by atoms with van der Waals surface area (Å²) >= 11 is 0. The summed E-state index contributed by atoms with van der Waals surface area (Å²) in [6.45, 7) is 0. The van der Waals surface area contributed by atoms with Crippen molar-refractivity contribution in [2.45, 2.75) is 18.9 Å². The fraction of sp³-hybridized carbons (Fsp3) is 0.500. The molecule has 0 spiro atoms. The zero-order chi connectivity index (χ0) is 10.4. The van der Waals surface area contributed by atoms with Crippen LogP contribution >= 0.6 is 0 Å². The van der Waals surface area contributed by atoms with E-state index in [1.807, 2.05) is 0 Å². The van der Waals surface area contributed by atoms with Gasteiger partial charge >= 0.3 is 57.4 Å². The number of hydrogen-bond donors (Lipinski definition) is 3. The third kappa shape index (κ3) is 8.44. The SMILES string of the molecule is NC(=O)[C@H](CCC(=O)O)NC(=O)[O-].[K+]. The molecule has 1 atom stereocenters. The number of carboxylic acids is 1. The maximum atomic E-state index is 10.5. The van der Waals surface area contributed by atoms with E-state index in [2.05, 4.69) is 0 Å². The van der Waals surface area contributed by atoms with Gasteiger partial charge in [0, 0.05) is 6.42 Å². The monoisotopic (exact) mass is 228 g/mol. The standard InChI is InChI=1S/C6H10N2O5.K/c7-5(11)3(8-6(12)13)1-2-4(9)10;/h3,8H,1-2H2,(H2,7,11)(H,9,10)(H,12,13);/q;+1/p-1/t3-;/m0./s1. The van der Waals surface area contributed by atoms with Crippen LogP contribution < -0.4 is 67.5 Å². The average molecular weight is 228 g/mol. The van der Waals surface area contributed by atoms with Gasteiger partial charge in [-0.15, -0.1) is 0 Å². The van der Waals surface area contributed by atoms with Crippen LogP contribution in [0.1, 0.15) is 12.8 Å². The normalized spacial score (nSPS) is 10.9. The molecule has 0 heterocycles. The zero-order valence-corrected chi connectivity index (χ0v) is 10.8. The van der Waals surface area contributed by atoms with Gasteiger partial charge in [-0.3, -0.25) is 9.59 Å². The Morgan fingerprint density at radius 2 is 1.93 bits per heavy atom. The summed E-state index contributed by atoms with van der Waals surface area (Å²) in [5.74, 6) is -2.06. The fourth-order valence-electron chi connectivity index (χ4n) is 0.696.